The van der Waals surface area contributed by atoms with Crippen LogP contribution in [0.2, 0.25) is 0 Å². The minimum atomic E-state index is 0.731. The predicted molar refractivity (Wildman–Crippen MR) is 61.8 cm³/mol. The van der Waals surface area contributed by atoms with Gasteiger partial charge in [0.15, 0.2) is 0 Å². The highest BCUT2D eigenvalue weighted by Crippen LogP contribution is 2.17. The monoisotopic (exact) mass is 259 g/mol. The van der Waals surface area contributed by atoms with Gasteiger partial charge in [-0.2, -0.15) is 11.3 Å². The highest BCUT2D eigenvalue weighted by Gasteiger charge is 2.18. The van der Waals surface area contributed by atoms with Crippen molar-refractivity contribution in [1.29, 1.82) is 0 Å². The Morgan fingerprint density at radius 2 is 2.54 bits per heavy atom. The van der Waals surface area contributed by atoms with Crippen LogP contribution in [-0.4, -0.2) is 29.4 Å². The number of alkyl halides is 1. The molecule has 0 bridgehead atoms. The number of rotatable bonds is 3. The Hall–Kier alpha value is 0.140. The second-order valence-electron chi connectivity index (χ2n) is 3.57. The van der Waals surface area contributed by atoms with Gasteiger partial charge in [-0.3, -0.25) is 0 Å². The fourth-order valence-electron chi connectivity index (χ4n) is 1.71. The van der Waals surface area contributed by atoms with Gasteiger partial charge in [-0.05, 0) is 41.8 Å². The lowest BCUT2D eigenvalue weighted by Crippen LogP contribution is -2.23. The first-order chi connectivity index (χ1) is 6.34. The van der Waals surface area contributed by atoms with E-state index in [1.54, 1.807) is 11.3 Å². The van der Waals surface area contributed by atoms with Crippen LogP contribution in [0.25, 0.3) is 0 Å². The van der Waals surface area contributed by atoms with Crippen molar-refractivity contribution in [2.45, 2.75) is 17.7 Å². The van der Waals surface area contributed by atoms with Gasteiger partial charge < -0.3 is 4.90 Å². The van der Waals surface area contributed by atoms with Crippen LogP contribution in [0.3, 0.4) is 0 Å². The Kier molecular flexibility index (Phi) is 3.41. The topological polar surface area (TPSA) is 3.24 Å². The molecular formula is C10H14BrNS. The largest absolute Gasteiger partial charge is 0.302 e. The summed E-state index contributed by atoms with van der Waals surface area (Å²) in [6.45, 7) is 3.71. The lowest BCUT2D eigenvalue weighted by atomic mass is 10.2. The molecule has 0 spiro atoms. The summed E-state index contributed by atoms with van der Waals surface area (Å²) in [4.78, 5) is 3.27. The summed E-state index contributed by atoms with van der Waals surface area (Å²) in [5.74, 6) is 0. The molecule has 13 heavy (non-hydrogen) atoms. The molecule has 0 aromatic carbocycles. The standard InChI is InChI=1S/C10H14BrNS/c11-10-2-5-12(7-10)4-1-9-3-6-13-8-9/h3,6,8,10H,1-2,4-5,7H2. The predicted octanol–water partition coefficient (Wildman–Crippen LogP) is 2.76. The van der Waals surface area contributed by atoms with E-state index in [4.69, 9.17) is 0 Å². The maximum atomic E-state index is 3.66. The smallest absolute Gasteiger partial charge is 0.0285 e. The average molecular weight is 260 g/mol. The third-order valence-electron chi connectivity index (χ3n) is 2.51. The minimum absolute atomic E-state index is 0.731. The Balaban J connectivity index is 1.74. The number of nitrogens with zero attached hydrogens (tertiary/aromatic N) is 1. The molecule has 1 fully saturated rings. The van der Waals surface area contributed by atoms with Crippen molar-refractivity contribution in [2.24, 2.45) is 0 Å². The zero-order valence-corrected chi connectivity index (χ0v) is 9.98. The Morgan fingerprint density at radius 1 is 1.62 bits per heavy atom. The molecule has 1 nitrogen and oxygen atoms in total. The Labute approximate surface area is 91.9 Å². The molecule has 1 aromatic heterocycles. The third kappa shape index (κ3) is 2.79. The molecule has 1 unspecified atom stereocenters. The van der Waals surface area contributed by atoms with E-state index < -0.39 is 0 Å². The van der Waals surface area contributed by atoms with Crippen LogP contribution in [0.1, 0.15) is 12.0 Å². The summed E-state index contributed by atoms with van der Waals surface area (Å²) < 4.78 is 0. The molecule has 0 N–H and O–H groups in total. The van der Waals surface area contributed by atoms with E-state index in [1.165, 1.54) is 38.0 Å². The van der Waals surface area contributed by atoms with Crippen LogP contribution < -0.4 is 0 Å². The molecule has 72 valence electrons. The molecule has 0 radical (unpaired) electrons. The van der Waals surface area contributed by atoms with Crippen molar-refractivity contribution in [3.8, 4) is 0 Å². The van der Waals surface area contributed by atoms with Gasteiger partial charge in [0.25, 0.3) is 0 Å². The minimum Gasteiger partial charge on any atom is -0.302 e. The lowest BCUT2D eigenvalue weighted by Gasteiger charge is -2.13. The summed E-state index contributed by atoms with van der Waals surface area (Å²) in [5, 5.41) is 4.41. The first kappa shape index (κ1) is 9.69. The lowest BCUT2D eigenvalue weighted by molar-refractivity contribution is 0.345. The van der Waals surface area contributed by atoms with Crippen molar-refractivity contribution in [1.82, 2.24) is 4.90 Å². The van der Waals surface area contributed by atoms with E-state index in [0.29, 0.717) is 0 Å². The van der Waals surface area contributed by atoms with E-state index in [9.17, 15) is 0 Å². The number of thiophene rings is 1. The van der Waals surface area contributed by atoms with Crippen molar-refractivity contribution >= 4 is 27.3 Å². The van der Waals surface area contributed by atoms with Crippen molar-refractivity contribution in [3.63, 3.8) is 0 Å². The highest BCUT2D eigenvalue weighted by atomic mass is 79.9. The normalized spacial score (nSPS) is 23.9. The van der Waals surface area contributed by atoms with Crippen LogP contribution in [0.4, 0.5) is 0 Å². The summed E-state index contributed by atoms with van der Waals surface area (Å²) in [5.41, 5.74) is 1.49. The van der Waals surface area contributed by atoms with Crippen LogP contribution in [-0.2, 0) is 6.42 Å². The van der Waals surface area contributed by atoms with Crippen molar-refractivity contribution in [2.75, 3.05) is 19.6 Å². The summed E-state index contributed by atoms with van der Waals surface area (Å²) in [7, 11) is 0. The summed E-state index contributed by atoms with van der Waals surface area (Å²) in [6.07, 6.45) is 2.52. The fraction of sp³-hybridized carbons (Fsp3) is 0.600. The molecule has 2 heterocycles. The molecule has 3 heteroatoms. The van der Waals surface area contributed by atoms with E-state index in [-0.39, 0.29) is 0 Å². The number of halogens is 1. The van der Waals surface area contributed by atoms with Crippen LogP contribution >= 0.6 is 27.3 Å². The summed E-state index contributed by atoms with van der Waals surface area (Å²) >= 11 is 5.45. The zero-order valence-electron chi connectivity index (χ0n) is 7.58. The molecule has 0 amide bonds. The maximum absolute atomic E-state index is 3.66. The van der Waals surface area contributed by atoms with Crippen LogP contribution in [0.15, 0.2) is 16.8 Å². The fourth-order valence-corrected chi connectivity index (χ4v) is 3.03. The molecule has 1 aromatic rings. The van der Waals surface area contributed by atoms with E-state index >= 15 is 0 Å². The second kappa shape index (κ2) is 4.58. The molecule has 0 aliphatic carbocycles. The quantitative estimate of drug-likeness (QED) is 0.755. The van der Waals surface area contributed by atoms with E-state index in [0.717, 1.165) is 4.83 Å². The van der Waals surface area contributed by atoms with Crippen LogP contribution in [0.5, 0.6) is 0 Å². The van der Waals surface area contributed by atoms with Gasteiger partial charge in [-0.15, -0.1) is 0 Å². The molecule has 0 saturated carbocycles. The van der Waals surface area contributed by atoms with Crippen molar-refractivity contribution < 1.29 is 0 Å². The molecule has 1 aliphatic rings. The third-order valence-corrected chi connectivity index (χ3v) is 3.99. The van der Waals surface area contributed by atoms with Gasteiger partial charge in [0, 0.05) is 17.9 Å². The highest BCUT2D eigenvalue weighted by molar-refractivity contribution is 9.09. The summed E-state index contributed by atoms with van der Waals surface area (Å²) in [6, 6.07) is 2.23. The maximum Gasteiger partial charge on any atom is 0.0285 e. The van der Waals surface area contributed by atoms with Crippen LogP contribution in [0, 0.1) is 0 Å². The molecule has 2 rings (SSSR count). The zero-order chi connectivity index (χ0) is 9.10. The van der Waals surface area contributed by atoms with E-state index in [2.05, 4.69) is 37.7 Å². The number of hydrogen-bond acceptors (Lipinski definition) is 2. The average Bonchev–Trinajstić information content (AvgIpc) is 2.71. The van der Waals surface area contributed by atoms with Gasteiger partial charge in [0.1, 0.15) is 0 Å². The second-order valence-corrected chi connectivity index (χ2v) is 5.64. The number of hydrogen-bond donors (Lipinski definition) is 0. The molecule has 1 atom stereocenters. The van der Waals surface area contributed by atoms with Crippen molar-refractivity contribution in [3.05, 3.63) is 22.4 Å². The molecule has 1 aliphatic heterocycles. The first-order valence-electron chi connectivity index (χ1n) is 4.72. The SMILES string of the molecule is BrC1CCN(CCc2ccsc2)C1. The van der Waals surface area contributed by atoms with E-state index in [1.807, 2.05) is 0 Å². The van der Waals surface area contributed by atoms with Gasteiger partial charge in [-0.1, -0.05) is 15.9 Å². The molecule has 1 saturated heterocycles. The Morgan fingerprint density at radius 3 is 3.15 bits per heavy atom. The molecular weight excluding hydrogens is 246 g/mol. The van der Waals surface area contributed by atoms with Gasteiger partial charge in [-0.25, -0.2) is 0 Å². The van der Waals surface area contributed by atoms with Gasteiger partial charge in [0.05, 0.1) is 0 Å². The Bertz CT molecular complexity index is 247. The van der Waals surface area contributed by atoms with Gasteiger partial charge >= 0.3 is 0 Å². The first-order valence-corrected chi connectivity index (χ1v) is 6.58. The van der Waals surface area contributed by atoms with Gasteiger partial charge in [0.2, 0.25) is 0 Å². The number of likely N-dealkylation sites (tertiary alicyclic amines) is 1.